The van der Waals surface area contributed by atoms with E-state index in [1.807, 2.05) is 0 Å². The van der Waals surface area contributed by atoms with E-state index in [2.05, 4.69) is 39.8 Å². The summed E-state index contributed by atoms with van der Waals surface area (Å²) in [6.45, 7) is 0. The number of aromatic nitrogens is 7. The second-order valence-electron chi connectivity index (χ2n) is 5.10. The van der Waals surface area contributed by atoms with Crippen molar-refractivity contribution in [2.45, 2.75) is 6.18 Å². The van der Waals surface area contributed by atoms with Crippen LogP contribution in [-0.2, 0) is 6.18 Å². The van der Waals surface area contributed by atoms with Crippen molar-refractivity contribution in [3.05, 3.63) is 40.8 Å². The zero-order valence-electron chi connectivity index (χ0n) is 12.9. The summed E-state index contributed by atoms with van der Waals surface area (Å²) in [5, 5.41) is 6.70. The first-order chi connectivity index (χ1) is 12.9. The van der Waals surface area contributed by atoms with Crippen molar-refractivity contribution in [3.63, 3.8) is 0 Å². The van der Waals surface area contributed by atoms with Crippen molar-refractivity contribution in [1.82, 2.24) is 34.5 Å². The Labute approximate surface area is 157 Å². The molecule has 0 atom stereocenters. The van der Waals surface area contributed by atoms with E-state index in [1.54, 1.807) is 6.07 Å². The zero-order valence-corrected chi connectivity index (χ0v) is 14.5. The molecule has 0 aliphatic carbocycles. The first-order valence-corrected chi connectivity index (χ1v) is 8.33. The van der Waals surface area contributed by atoms with Gasteiger partial charge in [-0.2, -0.15) is 13.2 Å². The Balaban J connectivity index is 1.67. The zero-order chi connectivity index (χ0) is 19.0. The lowest BCUT2D eigenvalue weighted by Crippen LogP contribution is -2.07. The fraction of sp³-hybridized carbons (Fsp3) is 0.0714. The normalized spacial score (nSPS) is 11.7. The Hall–Kier alpha value is -2.99. The van der Waals surface area contributed by atoms with E-state index < -0.39 is 11.7 Å². The summed E-state index contributed by atoms with van der Waals surface area (Å²) in [5.41, 5.74) is 0.948. The number of nitrogens with zero attached hydrogens (tertiary/aromatic N) is 7. The fourth-order valence-corrected chi connectivity index (χ4v) is 2.78. The molecule has 8 nitrogen and oxygen atoms in total. The third-order valence-electron chi connectivity index (χ3n) is 3.36. The van der Waals surface area contributed by atoms with Gasteiger partial charge in [-0.15, -0.1) is 5.10 Å². The summed E-state index contributed by atoms with van der Waals surface area (Å²) in [6.07, 6.45) is -0.200. The van der Waals surface area contributed by atoms with Crippen LogP contribution in [0.4, 0.5) is 24.8 Å². The second kappa shape index (κ2) is 6.63. The minimum Gasteiger partial charge on any atom is -0.322 e. The Bertz CT molecular complexity index is 1120. The predicted octanol–water partition coefficient (Wildman–Crippen LogP) is 3.75. The molecule has 0 aliphatic heterocycles. The molecule has 0 fully saturated rings. The molecule has 4 aromatic heterocycles. The third-order valence-corrected chi connectivity index (χ3v) is 4.27. The van der Waals surface area contributed by atoms with Gasteiger partial charge in [0.25, 0.3) is 0 Å². The highest BCUT2D eigenvalue weighted by molar-refractivity contribution is 7.10. The minimum absolute atomic E-state index is 0.0203. The van der Waals surface area contributed by atoms with E-state index in [0.717, 1.165) is 11.5 Å². The molecule has 1 N–H and O–H groups in total. The van der Waals surface area contributed by atoms with Gasteiger partial charge in [0.2, 0.25) is 5.95 Å². The van der Waals surface area contributed by atoms with Crippen LogP contribution in [0, 0.1) is 0 Å². The van der Waals surface area contributed by atoms with Gasteiger partial charge in [0.1, 0.15) is 21.2 Å². The SMILES string of the molecule is FC(F)(F)c1cnc(Nc2ccnc3nc(-c4nnsc4Cl)cnc23)nc1. The lowest BCUT2D eigenvalue weighted by Gasteiger charge is -2.09. The fourth-order valence-electron chi connectivity index (χ4n) is 2.13. The molecule has 136 valence electrons. The number of hydrogen-bond donors (Lipinski definition) is 1. The number of fused-ring (bicyclic) bond motifs is 1. The van der Waals surface area contributed by atoms with Gasteiger partial charge >= 0.3 is 6.18 Å². The lowest BCUT2D eigenvalue weighted by atomic mass is 10.3. The van der Waals surface area contributed by atoms with Gasteiger partial charge in [0.05, 0.1) is 17.4 Å². The molecular formula is C14H6ClF3N8S. The monoisotopic (exact) mass is 410 g/mol. The highest BCUT2D eigenvalue weighted by Crippen LogP contribution is 2.30. The Morgan fingerprint density at radius 2 is 1.81 bits per heavy atom. The lowest BCUT2D eigenvalue weighted by molar-refractivity contribution is -0.138. The summed E-state index contributed by atoms with van der Waals surface area (Å²) in [6, 6.07) is 1.58. The highest BCUT2D eigenvalue weighted by Gasteiger charge is 2.31. The molecular weight excluding hydrogens is 405 g/mol. The summed E-state index contributed by atoms with van der Waals surface area (Å²) in [7, 11) is 0. The van der Waals surface area contributed by atoms with Gasteiger partial charge in [-0.3, -0.25) is 0 Å². The van der Waals surface area contributed by atoms with Gasteiger partial charge < -0.3 is 5.32 Å². The summed E-state index contributed by atoms with van der Waals surface area (Å²) < 4.78 is 41.9. The van der Waals surface area contributed by atoms with Crippen molar-refractivity contribution in [3.8, 4) is 11.4 Å². The van der Waals surface area contributed by atoms with E-state index in [1.165, 1.54) is 12.4 Å². The van der Waals surface area contributed by atoms with E-state index >= 15 is 0 Å². The van der Waals surface area contributed by atoms with Gasteiger partial charge in [0.15, 0.2) is 5.65 Å². The van der Waals surface area contributed by atoms with Crippen LogP contribution in [0.1, 0.15) is 5.56 Å². The van der Waals surface area contributed by atoms with Gasteiger partial charge in [-0.25, -0.2) is 24.9 Å². The number of halogens is 4. The Morgan fingerprint density at radius 3 is 2.48 bits per heavy atom. The summed E-state index contributed by atoms with van der Waals surface area (Å²) >= 11 is 7.02. The topological polar surface area (TPSA) is 102 Å². The molecule has 27 heavy (non-hydrogen) atoms. The summed E-state index contributed by atoms with van der Waals surface area (Å²) in [4.78, 5) is 20.1. The molecule has 13 heteroatoms. The van der Waals surface area contributed by atoms with E-state index in [4.69, 9.17) is 11.6 Å². The van der Waals surface area contributed by atoms with Crippen molar-refractivity contribution in [1.29, 1.82) is 0 Å². The molecule has 0 bridgehead atoms. The maximum absolute atomic E-state index is 12.6. The number of anilines is 2. The van der Waals surface area contributed by atoms with E-state index in [9.17, 15) is 13.2 Å². The largest absolute Gasteiger partial charge is 0.419 e. The van der Waals surface area contributed by atoms with Crippen molar-refractivity contribution >= 4 is 45.9 Å². The molecule has 0 unspecified atom stereocenters. The van der Waals surface area contributed by atoms with Gasteiger partial charge in [-0.1, -0.05) is 16.1 Å². The smallest absolute Gasteiger partial charge is 0.322 e. The summed E-state index contributed by atoms with van der Waals surface area (Å²) in [5.74, 6) is -0.0203. The van der Waals surface area contributed by atoms with Crippen LogP contribution in [0.3, 0.4) is 0 Å². The standard InChI is InChI=1S/C14H6ClF3N8S/c15-11-9(25-26-27-11)8-5-20-10-7(1-2-19-12(10)23-8)24-13-21-3-6(4-22-13)14(16,17)18/h1-5H,(H,19,21,22,23,24). The molecule has 0 saturated carbocycles. The number of nitrogens with one attached hydrogen (secondary N) is 1. The number of rotatable bonds is 3. The molecule has 4 rings (SSSR count). The van der Waals surface area contributed by atoms with Crippen LogP contribution < -0.4 is 5.32 Å². The number of hydrogen-bond acceptors (Lipinski definition) is 9. The van der Waals surface area contributed by atoms with Crippen LogP contribution in [-0.4, -0.2) is 34.5 Å². The molecule has 0 aliphatic rings. The Morgan fingerprint density at radius 1 is 1.04 bits per heavy atom. The van der Waals surface area contributed by atoms with Gasteiger partial charge in [-0.05, 0) is 6.07 Å². The van der Waals surface area contributed by atoms with Crippen molar-refractivity contribution < 1.29 is 13.2 Å². The first-order valence-electron chi connectivity index (χ1n) is 7.18. The second-order valence-corrected chi connectivity index (χ2v) is 6.46. The van der Waals surface area contributed by atoms with E-state index in [0.29, 0.717) is 39.3 Å². The quantitative estimate of drug-likeness (QED) is 0.544. The van der Waals surface area contributed by atoms with Crippen LogP contribution >= 0.6 is 23.1 Å². The van der Waals surface area contributed by atoms with E-state index in [-0.39, 0.29) is 11.6 Å². The minimum atomic E-state index is -4.50. The maximum atomic E-state index is 12.6. The first kappa shape index (κ1) is 17.4. The average molecular weight is 411 g/mol. The van der Waals surface area contributed by atoms with Crippen LogP contribution in [0.5, 0.6) is 0 Å². The van der Waals surface area contributed by atoms with Crippen LogP contribution in [0.15, 0.2) is 30.9 Å². The molecule has 0 aromatic carbocycles. The van der Waals surface area contributed by atoms with Crippen molar-refractivity contribution in [2.75, 3.05) is 5.32 Å². The molecule has 0 radical (unpaired) electrons. The number of alkyl halides is 3. The third kappa shape index (κ3) is 3.48. The maximum Gasteiger partial charge on any atom is 0.419 e. The molecule has 4 heterocycles. The predicted molar refractivity (Wildman–Crippen MR) is 91.6 cm³/mol. The Kier molecular flexibility index (Phi) is 4.28. The van der Waals surface area contributed by atoms with Crippen molar-refractivity contribution in [2.24, 2.45) is 0 Å². The average Bonchev–Trinajstić information content (AvgIpc) is 3.07. The molecule has 0 saturated heterocycles. The van der Waals surface area contributed by atoms with Crippen LogP contribution in [0.25, 0.3) is 22.6 Å². The van der Waals surface area contributed by atoms with Gasteiger partial charge in [0, 0.05) is 30.1 Å². The molecule has 0 amide bonds. The molecule has 0 spiro atoms. The number of pyridine rings is 1. The van der Waals surface area contributed by atoms with Crippen LogP contribution in [0.2, 0.25) is 4.34 Å². The highest BCUT2D eigenvalue weighted by atomic mass is 35.5. The molecule has 4 aromatic rings.